The summed E-state index contributed by atoms with van der Waals surface area (Å²) >= 11 is 0. The number of aryl methyl sites for hydroxylation is 1. The number of hydrogen-bond acceptors (Lipinski definition) is 3. The van der Waals surface area contributed by atoms with E-state index in [9.17, 15) is 0 Å². The zero-order valence-corrected chi connectivity index (χ0v) is 15.9. The van der Waals surface area contributed by atoms with Gasteiger partial charge in [-0.25, -0.2) is 0 Å². The minimum Gasteiger partial charge on any atom is -0.494 e. The number of benzene rings is 1. The van der Waals surface area contributed by atoms with Crippen molar-refractivity contribution in [3.8, 4) is 5.75 Å². The molecule has 5 heteroatoms. The molecule has 0 unspecified atom stereocenters. The van der Waals surface area contributed by atoms with Gasteiger partial charge in [0.2, 0.25) is 0 Å². The molecule has 0 aliphatic heterocycles. The Morgan fingerprint density at radius 1 is 1.16 bits per heavy atom. The highest BCUT2D eigenvalue weighted by Gasteiger charge is 2.36. The second-order valence-electron chi connectivity index (χ2n) is 6.96. The molecule has 0 radical (unpaired) electrons. The summed E-state index contributed by atoms with van der Waals surface area (Å²) in [5, 5.41) is 6.85. The Kier molecular flexibility index (Phi) is 8.06. The maximum absolute atomic E-state index is 5.75. The molecule has 0 amide bonds. The van der Waals surface area contributed by atoms with Crippen LogP contribution in [0.1, 0.15) is 37.7 Å². The average Bonchev–Trinajstić information content (AvgIpc) is 2.60. The van der Waals surface area contributed by atoms with Crippen LogP contribution in [-0.4, -0.2) is 46.4 Å². The van der Waals surface area contributed by atoms with E-state index >= 15 is 0 Å². The first-order valence-corrected chi connectivity index (χ1v) is 9.30. The number of aliphatic imine (C=N–C) groups is 1. The molecule has 0 spiro atoms. The summed E-state index contributed by atoms with van der Waals surface area (Å²) in [5.74, 6) is 1.80. The minimum absolute atomic E-state index is 0.391. The first-order chi connectivity index (χ1) is 12.2. The molecule has 2 N–H and O–H groups in total. The molecule has 0 aromatic heterocycles. The van der Waals surface area contributed by atoms with Crippen molar-refractivity contribution in [3.63, 3.8) is 0 Å². The molecule has 1 aromatic rings. The molecule has 1 aromatic carbocycles. The molecule has 2 rings (SSSR count). The van der Waals surface area contributed by atoms with Gasteiger partial charge >= 0.3 is 0 Å². The van der Waals surface area contributed by atoms with Crippen molar-refractivity contribution >= 4 is 5.96 Å². The Bertz CT molecular complexity index is 524. The lowest BCUT2D eigenvalue weighted by Crippen LogP contribution is -2.47. The molecule has 0 saturated heterocycles. The van der Waals surface area contributed by atoms with Crippen molar-refractivity contribution in [1.82, 2.24) is 10.6 Å². The zero-order valence-electron chi connectivity index (χ0n) is 15.9. The summed E-state index contributed by atoms with van der Waals surface area (Å²) in [6.07, 6.45) is 5.95. The number of nitrogens with zero attached hydrogens (tertiary/aromatic N) is 1. The standard InChI is InChI=1S/C20H33N3O2/c1-17-6-8-18(9-7-17)25-14-5-13-22-19(21-2)23-16-20(10-4-11-20)12-15-24-3/h6-9H,4-5,10-16H2,1-3H3,(H2,21,22,23). The molecule has 25 heavy (non-hydrogen) atoms. The predicted octanol–water partition coefficient (Wildman–Crippen LogP) is 3.14. The average molecular weight is 348 g/mol. The summed E-state index contributed by atoms with van der Waals surface area (Å²) in [5.41, 5.74) is 1.64. The predicted molar refractivity (Wildman–Crippen MR) is 103 cm³/mol. The topological polar surface area (TPSA) is 54.9 Å². The number of guanidine groups is 1. The molecule has 1 fully saturated rings. The molecule has 5 nitrogen and oxygen atoms in total. The van der Waals surface area contributed by atoms with E-state index in [0.29, 0.717) is 12.0 Å². The van der Waals surface area contributed by atoms with Crippen LogP contribution in [0.3, 0.4) is 0 Å². The van der Waals surface area contributed by atoms with Gasteiger partial charge in [0, 0.05) is 33.9 Å². The molecule has 1 saturated carbocycles. The van der Waals surface area contributed by atoms with E-state index in [2.05, 4.69) is 34.7 Å². The number of nitrogens with one attached hydrogen (secondary N) is 2. The van der Waals surface area contributed by atoms with Crippen LogP contribution in [0.5, 0.6) is 5.75 Å². The highest BCUT2D eigenvalue weighted by atomic mass is 16.5. The highest BCUT2D eigenvalue weighted by molar-refractivity contribution is 5.79. The van der Waals surface area contributed by atoms with Crippen LogP contribution >= 0.6 is 0 Å². The van der Waals surface area contributed by atoms with Crippen LogP contribution in [0.25, 0.3) is 0 Å². The molecule has 140 valence electrons. The number of hydrogen-bond donors (Lipinski definition) is 2. The van der Waals surface area contributed by atoms with Gasteiger partial charge in [-0.1, -0.05) is 24.1 Å². The van der Waals surface area contributed by atoms with E-state index in [1.165, 1.54) is 24.8 Å². The second-order valence-corrected chi connectivity index (χ2v) is 6.96. The monoisotopic (exact) mass is 347 g/mol. The number of methoxy groups -OCH3 is 1. The van der Waals surface area contributed by atoms with Crippen molar-refractivity contribution in [2.75, 3.05) is 40.5 Å². The van der Waals surface area contributed by atoms with Crippen molar-refractivity contribution in [1.29, 1.82) is 0 Å². The van der Waals surface area contributed by atoms with Gasteiger partial charge in [0.15, 0.2) is 5.96 Å². The van der Waals surface area contributed by atoms with Gasteiger partial charge in [0.1, 0.15) is 5.75 Å². The van der Waals surface area contributed by atoms with Crippen LogP contribution in [0, 0.1) is 12.3 Å². The van der Waals surface area contributed by atoms with E-state index in [4.69, 9.17) is 9.47 Å². The smallest absolute Gasteiger partial charge is 0.190 e. The Hall–Kier alpha value is -1.75. The normalized spacial score (nSPS) is 16.2. The van der Waals surface area contributed by atoms with Crippen LogP contribution in [0.4, 0.5) is 0 Å². The summed E-state index contributed by atoms with van der Waals surface area (Å²) in [6, 6.07) is 8.17. The van der Waals surface area contributed by atoms with Gasteiger partial charge < -0.3 is 20.1 Å². The van der Waals surface area contributed by atoms with Gasteiger partial charge in [0.05, 0.1) is 6.61 Å². The summed E-state index contributed by atoms with van der Waals surface area (Å²) < 4.78 is 11.0. The highest BCUT2D eigenvalue weighted by Crippen LogP contribution is 2.43. The third-order valence-electron chi connectivity index (χ3n) is 5.01. The van der Waals surface area contributed by atoms with E-state index in [-0.39, 0.29) is 0 Å². The van der Waals surface area contributed by atoms with Crippen molar-refractivity contribution < 1.29 is 9.47 Å². The van der Waals surface area contributed by atoms with Gasteiger partial charge in [-0.15, -0.1) is 0 Å². The van der Waals surface area contributed by atoms with Gasteiger partial charge in [0.25, 0.3) is 0 Å². The van der Waals surface area contributed by atoms with Gasteiger partial charge in [-0.3, -0.25) is 4.99 Å². The fraction of sp³-hybridized carbons (Fsp3) is 0.650. The third-order valence-corrected chi connectivity index (χ3v) is 5.01. The maximum Gasteiger partial charge on any atom is 0.190 e. The van der Waals surface area contributed by atoms with Crippen molar-refractivity contribution in [3.05, 3.63) is 29.8 Å². The second kappa shape index (κ2) is 10.3. The fourth-order valence-electron chi connectivity index (χ4n) is 3.11. The van der Waals surface area contributed by atoms with Crippen molar-refractivity contribution in [2.24, 2.45) is 10.4 Å². The van der Waals surface area contributed by atoms with E-state index < -0.39 is 0 Å². The Labute approximate surface area is 152 Å². The lowest BCUT2D eigenvalue weighted by Gasteiger charge is -2.42. The SMILES string of the molecule is CN=C(NCCCOc1ccc(C)cc1)NCC1(CCOC)CCC1. The molecule has 0 heterocycles. The first kappa shape index (κ1) is 19.6. The van der Waals surface area contributed by atoms with Gasteiger partial charge in [-0.05, 0) is 50.2 Å². The van der Waals surface area contributed by atoms with Crippen LogP contribution in [0.15, 0.2) is 29.3 Å². The number of ether oxygens (including phenoxy) is 2. The lowest BCUT2D eigenvalue weighted by atomic mass is 9.67. The van der Waals surface area contributed by atoms with E-state index in [1.807, 2.05) is 19.2 Å². The van der Waals surface area contributed by atoms with E-state index in [1.54, 1.807) is 7.11 Å². The zero-order chi connectivity index (χ0) is 18.0. The Morgan fingerprint density at radius 3 is 2.52 bits per heavy atom. The lowest BCUT2D eigenvalue weighted by molar-refractivity contribution is 0.0732. The van der Waals surface area contributed by atoms with Crippen LogP contribution < -0.4 is 15.4 Å². The summed E-state index contributed by atoms with van der Waals surface area (Å²) in [7, 11) is 3.60. The first-order valence-electron chi connectivity index (χ1n) is 9.30. The number of rotatable bonds is 10. The van der Waals surface area contributed by atoms with Gasteiger partial charge in [-0.2, -0.15) is 0 Å². The summed E-state index contributed by atoms with van der Waals surface area (Å²) in [4.78, 5) is 4.32. The minimum atomic E-state index is 0.391. The fourth-order valence-corrected chi connectivity index (χ4v) is 3.11. The van der Waals surface area contributed by atoms with Crippen molar-refractivity contribution in [2.45, 2.75) is 39.0 Å². The quantitative estimate of drug-likeness (QED) is 0.388. The van der Waals surface area contributed by atoms with Crippen LogP contribution in [-0.2, 0) is 4.74 Å². The Balaban J connectivity index is 1.61. The molecule has 1 aliphatic carbocycles. The molecular weight excluding hydrogens is 314 g/mol. The largest absolute Gasteiger partial charge is 0.494 e. The third kappa shape index (κ3) is 6.58. The Morgan fingerprint density at radius 2 is 1.92 bits per heavy atom. The summed E-state index contributed by atoms with van der Waals surface area (Å²) in [6.45, 7) is 5.43. The maximum atomic E-state index is 5.75. The molecule has 1 aliphatic rings. The molecular formula is C20H33N3O2. The van der Waals surface area contributed by atoms with Crippen LogP contribution in [0.2, 0.25) is 0 Å². The molecule has 0 atom stereocenters. The van der Waals surface area contributed by atoms with E-state index in [0.717, 1.165) is 44.2 Å². The molecule has 0 bridgehead atoms.